The Kier molecular flexibility index (Phi) is 2.99. The molecule has 1 amide bonds. The lowest BCUT2D eigenvalue weighted by Gasteiger charge is -2.06. The van der Waals surface area contributed by atoms with Gasteiger partial charge in [0, 0.05) is 5.69 Å². The number of aliphatic carboxylic acids is 1. The fraction of sp³-hybridized carbons (Fsp3) is 0.125. The molecule has 0 saturated heterocycles. The summed E-state index contributed by atoms with van der Waals surface area (Å²) in [6.45, 7) is 0. The molecule has 0 unspecified atom stereocenters. The minimum atomic E-state index is -1.13. The van der Waals surface area contributed by atoms with Crippen LogP contribution in [0.15, 0.2) is 42.5 Å². The smallest absolute Gasteiger partial charge is 0.312 e. The van der Waals surface area contributed by atoms with Crippen molar-refractivity contribution in [1.29, 1.82) is 0 Å². The van der Waals surface area contributed by atoms with E-state index in [0.717, 1.165) is 12.0 Å². The lowest BCUT2D eigenvalue weighted by Crippen LogP contribution is -2.15. The predicted octanol–water partition coefficient (Wildman–Crippen LogP) is 2.67. The standard InChI is InChI=1S/C16H13NO3/c18-15(9-16(19)20)17-12-5-6-14-11(8-12)7-10-3-1-2-4-13(10)14/h1-6,8H,7,9H2,(H,17,18)(H,19,20). The second-order valence-electron chi connectivity index (χ2n) is 4.82. The fourth-order valence-electron chi connectivity index (χ4n) is 2.57. The summed E-state index contributed by atoms with van der Waals surface area (Å²) in [4.78, 5) is 21.9. The Morgan fingerprint density at radius 3 is 2.60 bits per heavy atom. The van der Waals surface area contributed by atoms with E-state index >= 15 is 0 Å². The summed E-state index contributed by atoms with van der Waals surface area (Å²) in [6, 6.07) is 13.9. The van der Waals surface area contributed by atoms with Crippen LogP contribution in [0.3, 0.4) is 0 Å². The summed E-state index contributed by atoms with van der Waals surface area (Å²) < 4.78 is 0. The molecule has 0 radical (unpaired) electrons. The van der Waals surface area contributed by atoms with Crippen LogP contribution < -0.4 is 5.32 Å². The van der Waals surface area contributed by atoms with Gasteiger partial charge in [-0.3, -0.25) is 9.59 Å². The maximum Gasteiger partial charge on any atom is 0.312 e. The zero-order chi connectivity index (χ0) is 14.1. The van der Waals surface area contributed by atoms with Crippen molar-refractivity contribution < 1.29 is 14.7 Å². The van der Waals surface area contributed by atoms with Gasteiger partial charge >= 0.3 is 5.97 Å². The van der Waals surface area contributed by atoms with Crippen molar-refractivity contribution >= 4 is 17.6 Å². The first kappa shape index (κ1) is 12.4. The van der Waals surface area contributed by atoms with E-state index in [4.69, 9.17) is 5.11 Å². The Bertz CT molecular complexity index is 707. The molecular weight excluding hydrogens is 254 g/mol. The van der Waals surface area contributed by atoms with Gasteiger partial charge in [0.2, 0.25) is 5.91 Å². The zero-order valence-electron chi connectivity index (χ0n) is 10.7. The maximum atomic E-state index is 11.4. The Balaban J connectivity index is 1.84. The first-order chi connectivity index (χ1) is 9.63. The van der Waals surface area contributed by atoms with Crippen LogP contribution in [0.4, 0.5) is 5.69 Å². The van der Waals surface area contributed by atoms with Gasteiger partial charge in [-0.2, -0.15) is 0 Å². The molecular formula is C16H13NO3. The van der Waals surface area contributed by atoms with Crippen LogP contribution in [0.2, 0.25) is 0 Å². The van der Waals surface area contributed by atoms with Crippen LogP contribution >= 0.6 is 0 Å². The average molecular weight is 267 g/mol. The SMILES string of the molecule is O=C(O)CC(=O)Nc1ccc2c(c1)Cc1ccccc1-2. The van der Waals surface area contributed by atoms with Gasteiger partial charge in [-0.15, -0.1) is 0 Å². The molecule has 4 heteroatoms. The van der Waals surface area contributed by atoms with E-state index in [9.17, 15) is 9.59 Å². The lowest BCUT2D eigenvalue weighted by atomic mass is 10.1. The van der Waals surface area contributed by atoms with E-state index < -0.39 is 18.3 Å². The molecule has 20 heavy (non-hydrogen) atoms. The van der Waals surface area contributed by atoms with Crippen molar-refractivity contribution in [2.75, 3.05) is 5.32 Å². The number of benzene rings is 2. The highest BCUT2D eigenvalue weighted by Crippen LogP contribution is 2.37. The van der Waals surface area contributed by atoms with E-state index in [1.165, 1.54) is 16.7 Å². The number of nitrogens with one attached hydrogen (secondary N) is 1. The zero-order valence-corrected chi connectivity index (χ0v) is 10.7. The van der Waals surface area contributed by atoms with Gasteiger partial charge in [0.15, 0.2) is 0 Å². The third-order valence-electron chi connectivity index (χ3n) is 3.39. The average Bonchev–Trinajstić information content (AvgIpc) is 2.75. The molecule has 1 aliphatic rings. The highest BCUT2D eigenvalue weighted by atomic mass is 16.4. The molecule has 0 atom stereocenters. The largest absolute Gasteiger partial charge is 0.481 e. The van der Waals surface area contributed by atoms with Crippen LogP contribution in [0.25, 0.3) is 11.1 Å². The molecule has 0 bridgehead atoms. The van der Waals surface area contributed by atoms with Gasteiger partial charge in [0.05, 0.1) is 0 Å². The summed E-state index contributed by atoms with van der Waals surface area (Å²) in [6.07, 6.45) is 0.325. The third-order valence-corrected chi connectivity index (χ3v) is 3.39. The Hall–Kier alpha value is -2.62. The molecule has 2 aromatic carbocycles. The summed E-state index contributed by atoms with van der Waals surface area (Å²) in [5.74, 6) is -1.64. The Morgan fingerprint density at radius 1 is 1.05 bits per heavy atom. The molecule has 0 spiro atoms. The quantitative estimate of drug-likeness (QED) is 0.717. The van der Waals surface area contributed by atoms with Crippen molar-refractivity contribution in [1.82, 2.24) is 0 Å². The molecule has 0 saturated carbocycles. The number of carbonyl (C=O) groups is 2. The van der Waals surface area contributed by atoms with Gasteiger partial charge in [0.1, 0.15) is 6.42 Å². The maximum absolute atomic E-state index is 11.4. The number of rotatable bonds is 3. The molecule has 0 heterocycles. The van der Waals surface area contributed by atoms with Crippen molar-refractivity contribution in [3.05, 3.63) is 53.6 Å². The summed E-state index contributed by atoms with van der Waals surface area (Å²) in [5, 5.41) is 11.2. The highest BCUT2D eigenvalue weighted by molar-refractivity contribution is 6.01. The van der Waals surface area contributed by atoms with Crippen molar-refractivity contribution in [2.45, 2.75) is 12.8 Å². The minimum absolute atomic E-state index is 0.507. The number of carboxylic acid groups (broad SMARTS) is 1. The predicted molar refractivity (Wildman–Crippen MR) is 75.6 cm³/mol. The molecule has 2 N–H and O–H groups in total. The van der Waals surface area contributed by atoms with Gasteiger partial charge in [0.25, 0.3) is 0 Å². The number of carboxylic acids is 1. The Labute approximate surface area is 116 Å². The van der Waals surface area contributed by atoms with Gasteiger partial charge in [-0.05, 0) is 40.8 Å². The number of carbonyl (C=O) groups excluding carboxylic acids is 1. The van der Waals surface area contributed by atoms with E-state index in [0.29, 0.717) is 5.69 Å². The molecule has 2 aromatic rings. The fourth-order valence-corrected chi connectivity index (χ4v) is 2.57. The molecule has 0 aromatic heterocycles. The Morgan fingerprint density at radius 2 is 1.80 bits per heavy atom. The van der Waals surface area contributed by atoms with Crippen LogP contribution in [0.5, 0.6) is 0 Å². The first-order valence-corrected chi connectivity index (χ1v) is 6.36. The summed E-state index contributed by atoms with van der Waals surface area (Å²) in [7, 11) is 0. The normalized spacial score (nSPS) is 11.6. The minimum Gasteiger partial charge on any atom is -0.481 e. The van der Waals surface area contributed by atoms with Crippen LogP contribution in [-0.4, -0.2) is 17.0 Å². The topological polar surface area (TPSA) is 66.4 Å². The molecule has 0 aliphatic heterocycles. The van der Waals surface area contributed by atoms with Crippen molar-refractivity contribution in [3.63, 3.8) is 0 Å². The highest BCUT2D eigenvalue weighted by Gasteiger charge is 2.18. The van der Waals surface area contributed by atoms with Gasteiger partial charge in [-0.1, -0.05) is 30.3 Å². The van der Waals surface area contributed by atoms with Crippen LogP contribution in [0.1, 0.15) is 17.5 Å². The number of hydrogen-bond acceptors (Lipinski definition) is 2. The molecule has 4 nitrogen and oxygen atoms in total. The van der Waals surface area contributed by atoms with Crippen molar-refractivity contribution in [3.8, 4) is 11.1 Å². The number of anilines is 1. The first-order valence-electron chi connectivity index (χ1n) is 6.36. The summed E-state index contributed by atoms with van der Waals surface area (Å²) in [5.41, 5.74) is 5.47. The van der Waals surface area contributed by atoms with E-state index in [1.807, 2.05) is 24.3 Å². The van der Waals surface area contributed by atoms with Gasteiger partial charge in [-0.25, -0.2) is 0 Å². The van der Waals surface area contributed by atoms with E-state index in [-0.39, 0.29) is 0 Å². The third kappa shape index (κ3) is 2.28. The number of fused-ring (bicyclic) bond motifs is 3. The van der Waals surface area contributed by atoms with E-state index in [2.05, 4.69) is 17.4 Å². The number of amides is 1. The molecule has 100 valence electrons. The lowest BCUT2D eigenvalue weighted by molar-refractivity contribution is -0.139. The molecule has 0 fully saturated rings. The summed E-state index contributed by atoms with van der Waals surface area (Å²) >= 11 is 0. The molecule has 3 rings (SSSR count). The van der Waals surface area contributed by atoms with Crippen molar-refractivity contribution in [2.24, 2.45) is 0 Å². The van der Waals surface area contributed by atoms with Crippen LogP contribution in [-0.2, 0) is 16.0 Å². The van der Waals surface area contributed by atoms with E-state index in [1.54, 1.807) is 6.07 Å². The number of hydrogen-bond donors (Lipinski definition) is 2. The van der Waals surface area contributed by atoms with Crippen LogP contribution in [0, 0.1) is 0 Å². The monoisotopic (exact) mass is 267 g/mol. The molecule has 1 aliphatic carbocycles. The second-order valence-corrected chi connectivity index (χ2v) is 4.82. The van der Waals surface area contributed by atoms with Gasteiger partial charge < -0.3 is 10.4 Å². The second kappa shape index (κ2) is 4.81.